The van der Waals surface area contributed by atoms with E-state index in [0.29, 0.717) is 6.04 Å². The van der Waals surface area contributed by atoms with Gasteiger partial charge in [0.05, 0.1) is 0 Å². The van der Waals surface area contributed by atoms with Crippen LogP contribution in [0.15, 0.2) is 18.2 Å². The second-order valence-electron chi connectivity index (χ2n) is 6.00. The molecule has 1 aromatic carbocycles. The highest BCUT2D eigenvalue weighted by Crippen LogP contribution is 2.25. The summed E-state index contributed by atoms with van der Waals surface area (Å²) in [5.74, 6) is 0.694. The smallest absolute Gasteiger partial charge is 0.126 e. The number of halogens is 1. The number of nitrogens with one attached hydrogen (secondary N) is 1. The summed E-state index contributed by atoms with van der Waals surface area (Å²) in [5.41, 5.74) is 1.77. The summed E-state index contributed by atoms with van der Waals surface area (Å²) in [7, 11) is 0. The lowest BCUT2D eigenvalue weighted by Gasteiger charge is -2.23. The van der Waals surface area contributed by atoms with E-state index in [1.54, 1.807) is 13.0 Å². The van der Waals surface area contributed by atoms with Crippen molar-refractivity contribution in [3.63, 3.8) is 0 Å². The predicted molar refractivity (Wildman–Crippen MR) is 78.6 cm³/mol. The highest BCUT2D eigenvalue weighted by Gasteiger charge is 2.18. The zero-order chi connectivity index (χ0) is 13.7. The van der Waals surface area contributed by atoms with Crippen molar-refractivity contribution in [2.45, 2.75) is 65.0 Å². The molecule has 0 unspecified atom stereocenters. The average Bonchev–Trinajstić information content (AvgIpc) is 2.69. The van der Waals surface area contributed by atoms with Gasteiger partial charge in [-0.2, -0.15) is 0 Å². The van der Waals surface area contributed by atoms with Gasteiger partial charge in [0, 0.05) is 12.6 Å². The Morgan fingerprint density at radius 3 is 2.53 bits per heavy atom. The molecule has 1 aliphatic rings. The molecule has 0 saturated heterocycles. The van der Waals surface area contributed by atoms with Crippen molar-refractivity contribution in [2.75, 3.05) is 0 Å². The molecule has 0 aromatic heterocycles. The fourth-order valence-electron chi connectivity index (χ4n) is 3.00. The quantitative estimate of drug-likeness (QED) is 0.784. The fourth-order valence-corrected chi connectivity index (χ4v) is 3.00. The molecule has 1 aromatic rings. The van der Waals surface area contributed by atoms with Crippen molar-refractivity contribution in [3.8, 4) is 0 Å². The van der Waals surface area contributed by atoms with Crippen molar-refractivity contribution in [2.24, 2.45) is 5.92 Å². The van der Waals surface area contributed by atoms with Crippen LogP contribution >= 0.6 is 0 Å². The summed E-state index contributed by atoms with van der Waals surface area (Å²) < 4.78 is 13.5. The Hall–Kier alpha value is -0.890. The maximum atomic E-state index is 13.5. The highest BCUT2D eigenvalue weighted by molar-refractivity contribution is 5.23. The normalized spacial score (nSPS) is 19.1. The molecule has 106 valence electrons. The molecule has 0 amide bonds. The highest BCUT2D eigenvalue weighted by atomic mass is 19.1. The number of hydrogen-bond acceptors (Lipinski definition) is 1. The Morgan fingerprint density at radius 2 is 1.89 bits per heavy atom. The van der Waals surface area contributed by atoms with Gasteiger partial charge in [-0.25, -0.2) is 4.39 Å². The monoisotopic (exact) mass is 263 g/mol. The van der Waals surface area contributed by atoms with E-state index in [1.165, 1.54) is 38.5 Å². The van der Waals surface area contributed by atoms with Gasteiger partial charge < -0.3 is 5.32 Å². The number of aryl methyl sites for hydroxylation is 1. The van der Waals surface area contributed by atoms with Crippen LogP contribution < -0.4 is 5.32 Å². The Kier molecular flexibility index (Phi) is 5.38. The summed E-state index contributed by atoms with van der Waals surface area (Å²) in [6.45, 7) is 4.86. The van der Waals surface area contributed by atoms with E-state index in [1.807, 2.05) is 12.1 Å². The summed E-state index contributed by atoms with van der Waals surface area (Å²) in [4.78, 5) is 0. The summed E-state index contributed by atoms with van der Waals surface area (Å²) in [6.07, 6.45) is 8.22. The Balaban J connectivity index is 1.84. The molecule has 1 aliphatic carbocycles. The van der Waals surface area contributed by atoms with Crippen molar-refractivity contribution in [1.82, 2.24) is 5.32 Å². The number of hydrogen-bond donors (Lipinski definition) is 1. The van der Waals surface area contributed by atoms with E-state index in [0.717, 1.165) is 23.6 Å². The Bertz CT molecular complexity index is 394. The second kappa shape index (κ2) is 7.04. The minimum absolute atomic E-state index is 0.0959. The van der Waals surface area contributed by atoms with Gasteiger partial charge >= 0.3 is 0 Å². The minimum atomic E-state index is -0.0959. The van der Waals surface area contributed by atoms with Gasteiger partial charge in [-0.1, -0.05) is 37.8 Å². The van der Waals surface area contributed by atoms with Crippen molar-refractivity contribution in [1.29, 1.82) is 0 Å². The molecule has 0 aliphatic heterocycles. The maximum absolute atomic E-state index is 13.5. The minimum Gasteiger partial charge on any atom is -0.310 e. The fraction of sp³-hybridized carbons (Fsp3) is 0.647. The summed E-state index contributed by atoms with van der Waals surface area (Å²) in [5, 5.41) is 3.58. The van der Waals surface area contributed by atoms with Crippen LogP contribution in [0.4, 0.5) is 4.39 Å². The van der Waals surface area contributed by atoms with Gasteiger partial charge in [-0.05, 0) is 49.8 Å². The molecular weight excluding hydrogens is 237 g/mol. The van der Waals surface area contributed by atoms with Gasteiger partial charge in [0.2, 0.25) is 0 Å². The largest absolute Gasteiger partial charge is 0.310 e. The molecule has 1 fully saturated rings. The van der Waals surface area contributed by atoms with E-state index in [4.69, 9.17) is 0 Å². The molecule has 19 heavy (non-hydrogen) atoms. The van der Waals surface area contributed by atoms with E-state index in [-0.39, 0.29) is 5.82 Å². The first-order valence-electron chi connectivity index (χ1n) is 7.65. The van der Waals surface area contributed by atoms with Crippen molar-refractivity contribution in [3.05, 3.63) is 35.1 Å². The zero-order valence-corrected chi connectivity index (χ0v) is 12.2. The molecule has 0 spiro atoms. The van der Waals surface area contributed by atoms with Crippen LogP contribution in [-0.2, 0) is 6.54 Å². The molecule has 1 nitrogen and oxygen atoms in total. The third-order valence-electron chi connectivity index (χ3n) is 4.47. The van der Waals surface area contributed by atoms with E-state index >= 15 is 0 Å². The van der Waals surface area contributed by atoms with Gasteiger partial charge in [-0.3, -0.25) is 0 Å². The van der Waals surface area contributed by atoms with Crippen LogP contribution in [0.3, 0.4) is 0 Å². The van der Waals surface area contributed by atoms with Gasteiger partial charge in [0.1, 0.15) is 5.82 Å². The third kappa shape index (κ3) is 4.31. The number of benzene rings is 1. The lowest BCUT2D eigenvalue weighted by Crippen LogP contribution is -2.32. The van der Waals surface area contributed by atoms with Crippen LogP contribution in [0, 0.1) is 18.7 Å². The molecule has 0 heterocycles. The molecular formula is C17H26FN. The summed E-state index contributed by atoms with van der Waals surface area (Å²) in [6, 6.07) is 6.07. The van der Waals surface area contributed by atoms with Gasteiger partial charge in [0.15, 0.2) is 0 Å². The SMILES string of the molecule is Cc1ccc(CN[C@@H](C)C2CCCCCC2)cc1F. The number of rotatable bonds is 4. The van der Waals surface area contributed by atoms with E-state index in [2.05, 4.69) is 12.2 Å². The van der Waals surface area contributed by atoms with Crippen LogP contribution in [0.5, 0.6) is 0 Å². The standard InChI is InChI=1S/C17H26FN/c1-13-9-10-15(11-17(13)18)12-19-14(2)16-7-5-3-4-6-8-16/h9-11,14,16,19H,3-8,12H2,1-2H3/t14-/m0/s1. The van der Waals surface area contributed by atoms with Crippen LogP contribution in [0.1, 0.15) is 56.6 Å². The molecule has 1 N–H and O–H groups in total. The molecule has 2 rings (SSSR count). The lowest BCUT2D eigenvalue weighted by molar-refractivity contribution is 0.336. The maximum Gasteiger partial charge on any atom is 0.126 e. The third-order valence-corrected chi connectivity index (χ3v) is 4.47. The first kappa shape index (κ1) is 14.5. The van der Waals surface area contributed by atoms with Crippen LogP contribution in [-0.4, -0.2) is 6.04 Å². The van der Waals surface area contributed by atoms with Crippen molar-refractivity contribution >= 4 is 0 Å². The van der Waals surface area contributed by atoms with Crippen molar-refractivity contribution < 1.29 is 4.39 Å². The zero-order valence-electron chi connectivity index (χ0n) is 12.2. The first-order chi connectivity index (χ1) is 9.16. The second-order valence-corrected chi connectivity index (χ2v) is 6.00. The molecule has 1 atom stereocenters. The predicted octanol–water partition coefficient (Wildman–Crippen LogP) is 4.58. The van der Waals surface area contributed by atoms with E-state index < -0.39 is 0 Å². The molecule has 0 bridgehead atoms. The lowest BCUT2D eigenvalue weighted by atomic mass is 9.93. The topological polar surface area (TPSA) is 12.0 Å². The van der Waals surface area contributed by atoms with Gasteiger partial charge in [-0.15, -0.1) is 0 Å². The van der Waals surface area contributed by atoms with Crippen LogP contribution in [0.2, 0.25) is 0 Å². The molecule has 1 saturated carbocycles. The first-order valence-corrected chi connectivity index (χ1v) is 7.65. The van der Waals surface area contributed by atoms with E-state index in [9.17, 15) is 4.39 Å². The Morgan fingerprint density at radius 1 is 1.21 bits per heavy atom. The van der Waals surface area contributed by atoms with Crippen LogP contribution in [0.25, 0.3) is 0 Å². The average molecular weight is 263 g/mol. The Labute approximate surface area is 116 Å². The van der Waals surface area contributed by atoms with Gasteiger partial charge in [0.25, 0.3) is 0 Å². The molecule has 2 heteroatoms. The molecule has 0 radical (unpaired) electrons. The summed E-state index contributed by atoms with van der Waals surface area (Å²) >= 11 is 0.